The van der Waals surface area contributed by atoms with E-state index in [0.717, 1.165) is 72.9 Å². The highest BCUT2D eigenvalue weighted by Gasteiger charge is 2.25. The number of thiophene rings is 1. The Bertz CT molecular complexity index is 1450. The van der Waals surface area contributed by atoms with Gasteiger partial charge in [0.25, 0.3) is 0 Å². The Kier molecular flexibility index (Phi) is 7.62. The van der Waals surface area contributed by atoms with Gasteiger partial charge < -0.3 is 15.1 Å². The van der Waals surface area contributed by atoms with Gasteiger partial charge in [0.15, 0.2) is 11.6 Å². The third-order valence-corrected chi connectivity index (χ3v) is 9.27. The molecule has 1 N–H and O–H groups in total. The predicted octanol–water partition coefficient (Wildman–Crippen LogP) is 6.65. The van der Waals surface area contributed by atoms with Gasteiger partial charge in [-0.15, -0.1) is 11.3 Å². The Hall–Kier alpha value is -3.29. The maximum atomic E-state index is 12.6. The number of nitrogens with zero attached hydrogens (tertiary/aromatic N) is 4. The third-order valence-electron chi connectivity index (χ3n) is 8.25. The van der Waals surface area contributed by atoms with Crippen LogP contribution in [-0.2, 0) is 12.8 Å². The summed E-state index contributed by atoms with van der Waals surface area (Å²) in [6.45, 7) is 9.90. The van der Waals surface area contributed by atoms with Gasteiger partial charge in [-0.25, -0.2) is 9.97 Å². The topological polar surface area (TPSA) is 61.4 Å². The molecule has 6 rings (SSSR count). The van der Waals surface area contributed by atoms with E-state index in [1.807, 2.05) is 6.07 Å². The summed E-state index contributed by atoms with van der Waals surface area (Å²) in [6.07, 6.45) is 6.54. The number of hydrogen-bond acceptors (Lipinski definition) is 7. The van der Waals surface area contributed by atoms with Gasteiger partial charge in [-0.3, -0.25) is 4.79 Å². The number of nitrogens with one attached hydrogen (secondary N) is 1. The lowest BCUT2D eigenvalue weighted by Crippen LogP contribution is -2.46. The summed E-state index contributed by atoms with van der Waals surface area (Å²) < 4.78 is 1.08. The van der Waals surface area contributed by atoms with Crippen LogP contribution in [0.1, 0.15) is 53.2 Å². The minimum atomic E-state index is 0.287. The van der Waals surface area contributed by atoms with E-state index < -0.39 is 0 Å². The molecule has 1 aliphatic heterocycles. The van der Waals surface area contributed by atoms with Crippen molar-refractivity contribution < 1.29 is 4.79 Å². The molecule has 2 fully saturated rings. The van der Waals surface area contributed by atoms with Crippen molar-refractivity contribution in [3.63, 3.8) is 0 Å². The molecular weight excluding hydrogens is 502 g/mol. The van der Waals surface area contributed by atoms with Crippen molar-refractivity contribution in [1.82, 2.24) is 14.9 Å². The molecule has 2 aromatic carbocycles. The van der Waals surface area contributed by atoms with Crippen LogP contribution < -0.4 is 10.2 Å². The van der Waals surface area contributed by atoms with Crippen molar-refractivity contribution >= 4 is 44.5 Å². The smallest absolute Gasteiger partial charge is 0.163 e. The number of aryl methyl sites for hydroxylation is 3. The van der Waals surface area contributed by atoms with Crippen LogP contribution in [0.25, 0.3) is 10.2 Å². The average Bonchev–Trinajstić information content (AvgIpc) is 3.69. The van der Waals surface area contributed by atoms with Crippen LogP contribution in [0.2, 0.25) is 0 Å². The van der Waals surface area contributed by atoms with Crippen molar-refractivity contribution in [2.45, 2.75) is 46.0 Å². The number of piperazine rings is 1. The van der Waals surface area contributed by atoms with E-state index in [1.54, 1.807) is 17.7 Å². The molecule has 3 heterocycles. The number of carbonyl (C=O) groups is 1. The molecule has 2 aromatic heterocycles. The Morgan fingerprint density at radius 1 is 1.00 bits per heavy atom. The lowest BCUT2D eigenvalue weighted by atomic mass is 9.96. The van der Waals surface area contributed by atoms with Gasteiger partial charge in [-0.05, 0) is 97.5 Å². The van der Waals surface area contributed by atoms with Crippen LogP contribution in [0.4, 0.5) is 17.2 Å². The lowest BCUT2D eigenvalue weighted by Gasteiger charge is -2.35. The molecule has 4 aromatic rings. The highest BCUT2D eigenvalue weighted by atomic mass is 32.1. The van der Waals surface area contributed by atoms with Gasteiger partial charge in [0.05, 0.1) is 10.2 Å². The summed E-state index contributed by atoms with van der Waals surface area (Å²) in [6, 6.07) is 14.9. The second-order valence-electron chi connectivity index (χ2n) is 11.0. The number of rotatable bonds is 10. The van der Waals surface area contributed by atoms with Crippen molar-refractivity contribution in [3.05, 3.63) is 76.4 Å². The molecule has 6 nitrogen and oxygen atoms in total. The highest BCUT2D eigenvalue weighted by Crippen LogP contribution is 2.34. The zero-order valence-electron chi connectivity index (χ0n) is 22.9. The first-order valence-electron chi connectivity index (χ1n) is 14.3. The average molecular weight is 540 g/mol. The number of aromatic nitrogens is 2. The number of fused-ring (bicyclic) bond motifs is 1. The Balaban J connectivity index is 1.13. The van der Waals surface area contributed by atoms with Crippen LogP contribution in [-0.4, -0.2) is 53.4 Å². The molecule has 0 spiro atoms. The number of ketones is 1. The van der Waals surface area contributed by atoms with Gasteiger partial charge in [-0.1, -0.05) is 19.1 Å². The zero-order chi connectivity index (χ0) is 26.8. The van der Waals surface area contributed by atoms with Crippen LogP contribution >= 0.6 is 11.3 Å². The molecule has 1 aliphatic carbocycles. The molecule has 0 unspecified atom stereocenters. The standard InChI is InChI=1S/C32H37N5OS/c1-3-36-14-16-37(17-15-36)28-12-10-27(11-13-28)35-32-31-30(33-21-34-32)26(20-39-31)9-8-24-19-25(7-4-22(24)2)29(38)18-23-5-6-23/h4,7,10-13,19-21,23H,3,5-6,8-9,14-18H2,1-2H3,(H,33,34,35). The largest absolute Gasteiger partial charge is 0.369 e. The quantitative estimate of drug-likeness (QED) is 0.228. The first-order chi connectivity index (χ1) is 19.1. The number of anilines is 3. The summed E-state index contributed by atoms with van der Waals surface area (Å²) in [5.41, 5.74) is 7.91. The van der Waals surface area contributed by atoms with E-state index in [0.29, 0.717) is 12.3 Å². The molecule has 0 radical (unpaired) electrons. The minimum absolute atomic E-state index is 0.287. The summed E-state index contributed by atoms with van der Waals surface area (Å²) in [5, 5.41) is 5.73. The first-order valence-corrected chi connectivity index (χ1v) is 15.1. The van der Waals surface area contributed by atoms with Crippen LogP contribution in [0.15, 0.2) is 54.2 Å². The molecule has 1 saturated carbocycles. The van der Waals surface area contributed by atoms with E-state index in [1.165, 1.54) is 35.2 Å². The fourth-order valence-corrected chi connectivity index (χ4v) is 6.47. The monoisotopic (exact) mass is 539 g/mol. The van der Waals surface area contributed by atoms with E-state index in [9.17, 15) is 4.79 Å². The van der Waals surface area contributed by atoms with E-state index >= 15 is 0 Å². The van der Waals surface area contributed by atoms with Crippen molar-refractivity contribution in [3.8, 4) is 0 Å². The second-order valence-corrected chi connectivity index (χ2v) is 11.8. The number of hydrogen-bond donors (Lipinski definition) is 1. The van der Waals surface area contributed by atoms with E-state index in [4.69, 9.17) is 0 Å². The Morgan fingerprint density at radius 2 is 1.77 bits per heavy atom. The third kappa shape index (κ3) is 5.99. The van der Waals surface area contributed by atoms with Gasteiger partial charge in [0, 0.05) is 49.5 Å². The van der Waals surface area contributed by atoms with Crippen LogP contribution in [0, 0.1) is 12.8 Å². The molecule has 1 saturated heterocycles. The summed E-state index contributed by atoms with van der Waals surface area (Å²) in [5.74, 6) is 1.75. The normalized spacial score (nSPS) is 16.1. The summed E-state index contributed by atoms with van der Waals surface area (Å²) in [4.78, 5) is 26.8. The van der Waals surface area contributed by atoms with Crippen molar-refractivity contribution in [2.75, 3.05) is 42.9 Å². The van der Waals surface area contributed by atoms with E-state index in [-0.39, 0.29) is 5.78 Å². The molecular formula is C32H37N5OS. The fourth-order valence-electron chi connectivity index (χ4n) is 5.47. The van der Waals surface area contributed by atoms with Gasteiger partial charge in [0.1, 0.15) is 6.33 Å². The van der Waals surface area contributed by atoms with Crippen molar-refractivity contribution in [2.24, 2.45) is 5.92 Å². The van der Waals surface area contributed by atoms with Gasteiger partial charge in [-0.2, -0.15) is 0 Å². The highest BCUT2D eigenvalue weighted by molar-refractivity contribution is 7.18. The zero-order valence-corrected chi connectivity index (χ0v) is 23.8. The second kappa shape index (κ2) is 11.4. The summed E-state index contributed by atoms with van der Waals surface area (Å²) in [7, 11) is 0. The molecule has 0 atom stereocenters. The number of likely N-dealkylation sites (N-methyl/N-ethyl adjacent to an activating group) is 1. The van der Waals surface area contributed by atoms with Crippen LogP contribution in [0.5, 0.6) is 0 Å². The number of benzene rings is 2. The molecule has 0 amide bonds. The fraction of sp³-hybridized carbons (Fsp3) is 0.406. The van der Waals surface area contributed by atoms with E-state index in [2.05, 4.69) is 80.7 Å². The summed E-state index contributed by atoms with van der Waals surface area (Å²) >= 11 is 1.69. The molecule has 7 heteroatoms. The predicted molar refractivity (Wildman–Crippen MR) is 162 cm³/mol. The SMILES string of the molecule is CCN1CCN(c2ccc(Nc3ncnc4c(CCc5cc(C(=O)CC6CC6)ccc5C)csc34)cc2)CC1. The molecule has 39 heavy (non-hydrogen) atoms. The number of carbonyl (C=O) groups excluding carboxylic acids is 1. The van der Waals surface area contributed by atoms with Crippen molar-refractivity contribution in [1.29, 1.82) is 0 Å². The molecule has 2 aliphatic rings. The number of Topliss-reactive ketones (excluding diaryl/α,β-unsaturated/α-hetero) is 1. The van der Waals surface area contributed by atoms with Crippen LogP contribution in [0.3, 0.4) is 0 Å². The Labute approximate surface area is 235 Å². The maximum absolute atomic E-state index is 12.6. The van der Waals surface area contributed by atoms with Gasteiger partial charge in [0.2, 0.25) is 0 Å². The molecule has 0 bridgehead atoms. The lowest BCUT2D eigenvalue weighted by molar-refractivity contribution is 0.0976. The van der Waals surface area contributed by atoms with Gasteiger partial charge >= 0.3 is 0 Å². The maximum Gasteiger partial charge on any atom is 0.163 e. The first kappa shape index (κ1) is 26.0. The minimum Gasteiger partial charge on any atom is -0.369 e. The molecule has 202 valence electrons. The Morgan fingerprint density at radius 3 is 2.51 bits per heavy atom.